The Kier molecular flexibility index (Phi) is 9.80. The van der Waals surface area contributed by atoms with Crippen molar-refractivity contribution in [3.63, 3.8) is 0 Å². The summed E-state index contributed by atoms with van der Waals surface area (Å²) in [6.07, 6.45) is 2.18. The average molecular weight is 188 g/mol. The molecule has 0 saturated carbocycles. The van der Waals surface area contributed by atoms with Gasteiger partial charge in [0, 0.05) is 25.7 Å². The van der Waals surface area contributed by atoms with Crippen LogP contribution >= 0.6 is 0 Å². The third-order valence-electron chi connectivity index (χ3n) is 1.96. The molecule has 1 atom stereocenters. The SMILES string of the molecule is CCC(N)CNCCCNCCN. The summed E-state index contributed by atoms with van der Waals surface area (Å²) < 4.78 is 0. The van der Waals surface area contributed by atoms with Crippen LogP contribution in [0.2, 0.25) is 0 Å². The number of nitrogens with one attached hydrogen (secondary N) is 2. The Hall–Kier alpha value is -0.160. The van der Waals surface area contributed by atoms with Gasteiger partial charge in [-0.1, -0.05) is 6.92 Å². The molecule has 0 heterocycles. The standard InChI is InChI=1S/C9H24N4/c1-2-9(11)8-13-6-3-5-12-7-4-10/h9,12-13H,2-8,10-11H2,1H3. The zero-order valence-electron chi connectivity index (χ0n) is 8.68. The van der Waals surface area contributed by atoms with Crippen LogP contribution in [-0.2, 0) is 0 Å². The van der Waals surface area contributed by atoms with Crippen molar-refractivity contribution in [3.8, 4) is 0 Å². The first-order valence-electron chi connectivity index (χ1n) is 5.18. The maximum Gasteiger partial charge on any atom is 0.0162 e. The van der Waals surface area contributed by atoms with E-state index in [4.69, 9.17) is 11.5 Å². The quantitative estimate of drug-likeness (QED) is 0.359. The molecule has 80 valence electrons. The molecule has 1 unspecified atom stereocenters. The van der Waals surface area contributed by atoms with E-state index in [1.165, 1.54) is 0 Å². The van der Waals surface area contributed by atoms with Crippen molar-refractivity contribution in [1.82, 2.24) is 10.6 Å². The van der Waals surface area contributed by atoms with Gasteiger partial charge in [-0.15, -0.1) is 0 Å². The first kappa shape index (κ1) is 12.8. The summed E-state index contributed by atoms with van der Waals surface area (Å²) in [6, 6.07) is 0.303. The van der Waals surface area contributed by atoms with Gasteiger partial charge in [0.05, 0.1) is 0 Å². The van der Waals surface area contributed by atoms with E-state index in [0.29, 0.717) is 12.6 Å². The molecule has 0 aromatic heterocycles. The average Bonchev–Trinajstić information content (AvgIpc) is 2.16. The minimum absolute atomic E-state index is 0.303. The molecule has 0 aromatic rings. The predicted molar refractivity (Wildman–Crippen MR) is 57.7 cm³/mol. The number of rotatable bonds is 9. The molecule has 4 nitrogen and oxygen atoms in total. The number of hydrogen-bond acceptors (Lipinski definition) is 4. The van der Waals surface area contributed by atoms with E-state index in [9.17, 15) is 0 Å². The van der Waals surface area contributed by atoms with Crippen molar-refractivity contribution in [1.29, 1.82) is 0 Å². The van der Waals surface area contributed by atoms with Gasteiger partial charge in [-0.05, 0) is 25.9 Å². The van der Waals surface area contributed by atoms with Crippen LogP contribution in [0.1, 0.15) is 19.8 Å². The highest BCUT2D eigenvalue weighted by Gasteiger charge is 1.96. The van der Waals surface area contributed by atoms with Gasteiger partial charge in [0.2, 0.25) is 0 Å². The Morgan fingerprint density at radius 3 is 2.46 bits per heavy atom. The molecule has 0 spiro atoms. The second kappa shape index (κ2) is 9.92. The second-order valence-electron chi connectivity index (χ2n) is 3.26. The molecule has 13 heavy (non-hydrogen) atoms. The summed E-state index contributed by atoms with van der Waals surface area (Å²) >= 11 is 0. The summed E-state index contributed by atoms with van der Waals surface area (Å²) in [4.78, 5) is 0. The fourth-order valence-electron chi connectivity index (χ4n) is 0.997. The Morgan fingerprint density at radius 2 is 1.85 bits per heavy atom. The van der Waals surface area contributed by atoms with Gasteiger partial charge in [0.1, 0.15) is 0 Å². The molecule has 0 saturated heterocycles. The molecular formula is C9H24N4. The van der Waals surface area contributed by atoms with Crippen LogP contribution in [0.4, 0.5) is 0 Å². The highest BCUT2D eigenvalue weighted by molar-refractivity contribution is 4.62. The molecule has 0 aliphatic rings. The van der Waals surface area contributed by atoms with Crippen molar-refractivity contribution in [3.05, 3.63) is 0 Å². The van der Waals surface area contributed by atoms with Gasteiger partial charge in [0.25, 0.3) is 0 Å². The molecule has 6 N–H and O–H groups in total. The van der Waals surface area contributed by atoms with Crippen molar-refractivity contribution < 1.29 is 0 Å². The Morgan fingerprint density at radius 1 is 1.15 bits per heavy atom. The van der Waals surface area contributed by atoms with E-state index >= 15 is 0 Å². The van der Waals surface area contributed by atoms with Crippen LogP contribution in [0, 0.1) is 0 Å². The lowest BCUT2D eigenvalue weighted by molar-refractivity contribution is 0.541. The monoisotopic (exact) mass is 188 g/mol. The molecule has 0 aliphatic heterocycles. The lowest BCUT2D eigenvalue weighted by atomic mass is 10.2. The first-order chi connectivity index (χ1) is 6.31. The van der Waals surface area contributed by atoms with E-state index in [1.807, 2.05) is 0 Å². The third-order valence-corrected chi connectivity index (χ3v) is 1.96. The van der Waals surface area contributed by atoms with E-state index in [2.05, 4.69) is 17.6 Å². The van der Waals surface area contributed by atoms with E-state index in [1.54, 1.807) is 0 Å². The van der Waals surface area contributed by atoms with Crippen LogP contribution in [-0.4, -0.2) is 38.8 Å². The highest BCUT2D eigenvalue weighted by atomic mass is 14.9. The highest BCUT2D eigenvalue weighted by Crippen LogP contribution is 1.82. The van der Waals surface area contributed by atoms with Gasteiger partial charge in [-0.25, -0.2) is 0 Å². The molecule has 0 aromatic carbocycles. The Labute approximate surface area is 81.4 Å². The maximum atomic E-state index is 5.74. The number of hydrogen-bond donors (Lipinski definition) is 4. The van der Waals surface area contributed by atoms with Crippen LogP contribution in [0.15, 0.2) is 0 Å². The third kappa shape index (κ3) is 9.76. The van der Waals surface area contributed by atoms with Crippen LogP contribution in [0.25, 0.3) is 0 Å². The number of nitrogens with two attached hydrogens (primary N) is 2. The summed E-state index contributed by atoms with van der Waals surface area (Å²) in [6.45, 7) is 6.72. The summed E-state index contributed by atoms with van der Waals surface area (Å²) in [5.74, 6) is 0. The molecule has 0 aliphatic carbocycles. The molecule has 4 heteroatoms. The zero-order valence-corrected chi connectivity index (χ0v) is 8.68. The molecular weight excluding hydrogens is 164 g/mol. The van der Waals surface area contributed by atoms with E-state index < -0.39 is 0 Å². The maximum absolute atomic E-state index is 5.74. The molecule has 0 fully saturated rings. The summed E-state index contributed by atoms with van der Waals surface area (Å²) in [7, 11) is 0. The lowest BCUT2D eigenvalue weighted by Gasteiger charge is -2.10. The Balaban J connectivity index is 2.91. The normalized spacial score (nSPS) is 13.2. The fraction of sp³-hybridized carbons (Fsp3) is 1.00. The van der Waals surface area contributed by atoms with E-state index in [0.717, 1.165) is 39.0 Å². The predicted octanol–water partition coefficient (Wildman–Crippen LogP) is -0.748. The minimum atomic E-state index is 0.303. The smallest absolute Gasteiger partial charge is 0.0162 e. The minimum Gasteiger partial charge on any atom is -0.329 e. The molecule has 0 radical (unpaired) electrons. The van der Waals surface area contributed by atoms with E-state index in [-0.39, 0.29) is 0 Å². The summed E-state index contributed by atoms with van der Waals surface area (Å²) in [5, 5.41) is 6.56. The summed E-state index contributed by atoms with van der Waals surface area (Å²) in [5.41, 5.74) is 11.1. The molecule has 0 amide bonds. The van der Waals surface area contributed by atoms with Crippen molar-refractivity contribution in [2.24, 2.45) is 11.5 Å². The van der Waals surface area contributed by atoms with Crippen LogP contribution in [0.5, 0.6) is 0 Å². The largest absolute Gasteiger partial charge is 0.329 e. The van der Waals surface area contributed by atoms with Gasteiger partial charge >= 0.3 is 0 Å². The second-order valence-corrected chi connectivity index (χ2v) is 3.26. The zero-order chi connectivity index (χ0) is 9.94. The Bertz CT molecular complexity index is 97.6. The van der Waals surface area contributed by atoms with Crippen molar-refractivity contribution in [2.75, 3.05) is 32.7 Å². The first-order valence-corrected chi connectivity index (χ1v) is 5.18. The van der Waals surface area contributed by atoms with Gasteiger partial charge in [-0.3, -0.25) is 0 Å². The van der Waals surface area contributed by atoms with Crippen molar-refractivity contribution >= 4 is 0 Å². The van der Waals surface area contributed by atoms with Gasteiger partial charge < -0.3 is 22.1 Å². The van der Waals surface area contributed by atoms with Crippen LogP contribution < -0.4 is 22.1 Å². The van der Waals surface area contributed by atoms with Gasteiger partial charge in [-0.2, -0.15) is 0 Å². The van der Waals surface area contributed by atoms with Crippen LogP contribution in [0.3, 0.4) is 0 Å². The lowest BCUT2D eigenvalue weighted by Crippen LogP contribution is -2.34. The molecule has 0 rings (SSSR count). The van der Waals surface area contributed by atoms with Crippen molar-refractivity contribution in [2.45, 2.75) is 25.8 Å². The van der Waals surface area contributed by atoms with Gasteiger partial charge in [0.15, 0.2) is 0 Å². The topological polar surface area (TPSA) is 76.1 Å². The molecule has 0 bridgehead atoms. The fourth-order valence-corrected chi connectivity index (χ4v) is 0.997.